The van der Waals surface area contributed by atoms with Crippen molar-refractivity contribution in [2.75, 3.05) is 12.4 Å². The molecule has 0 fully saturated rings. The maximum Gasteiger partial charge on any atom is 0.331 e. The van der Waals surface area contributed by atoms with Crippen LogP contribution in [0.25, 0.3) is 11.0 Å². The van der Waals surface area contributed by atoms with E-state index in [2.05, 4.69) is 15.3 Å². The highest BCUT2D eigenvalue weighted by molar-refractivity contribution is 6.33. The van der Waals surface area contributed by atoms with E-state index in [1.54, 1.807) is 7.05 Å². The highest BCUT2D eigenvalue weighted by atomic mass is 35.5. The first kappa shape index (κ1) is 13.5. The maximum atomic E-state index is 11.1. The lowest BCUT2D eigenvalue weighted by Gasteiger charge is -2.12. The molecule has 0 aromatic carbocycles. The van der Waals surface area contributed by atoms with Crippen LogP contribution in [0.2, 0.25) is 5.15 Å². The third kappa shape index (κ3) is 1.98. The summed E-state index contributed by atoms with van der Waals surface area (Å²) < 4.78 is 0. The topological polar surface area (TPSA) is 81.0 Å². The largest absolute Gasteiger partial charge is 0.381 e. The molecule has 7 heteroatoms. The Balaban J connectivity index is 3.03. The molecule has 2 aromatic rings. The molecule has 0 aliphatic rings. The zero-order valence-electron chi connectivity index (χ0n) is 11.0. The lowest BCUT2D eigenvalue weighted by Crippen LogP contribution is -2.04. The van der Waals surface area contributed by atoms with Gasteiger partial charge in [0.2, 0.25) is 5.15 Å². The standard InChI is InChI=1S/C12H13ClN4O2/c1-5-6(2)8-9(15-7(5)3)10(14-4)11(17(18)19)12(13)16-8/h1-4H3,(H,14,16). The van der Waals surface area contributed by atoms with Gasteiger partial charge in [0.1, 0.15) is 11.2 Å². The summed E-state index contributed by atoms with van der Waals surface area (Å²) in [5.74, 6) is 0. The normalized spacial score (nSPS) is 10.8. The molecule has 0 spiro atoms. The zero-order chi connectivity index (χ0) is 14.3. The summed E-state index contributed by atoms with van der Waals surface area (Å²) in [5.41, 5.74) is 3.86. The van der Waals surface area contributed by atoms with Crippen molar-refractivity contribution >= 4 is 34.0 Å². The van der Waals surface area contributed by atoms with Crippen LogP contribution in [0.15, 0.2) is 0 Å². The second-order valence-electron chi connectivity index (χ2n) is 4.28. The van der Waals surface area contributed by atoms with E-state index in [0.29, 0.717) is 16.7 Å². The van der Waals surface area contributed by atoms with Gasteiger partial charge in [0.25, 0.3) is 0 Å². The number of nitro groups is 1. The summed E-state index contributed by atoms with van der Waals surface area (Å²) in [7, 11) is 1.60. The van der Waals surface area contributed by atoms with Crippen LogP contribution in [0.5, 0.6) is 0 Å². The number of pyridine rings is 2. The molecule has 0 aliphatic heterocycles. The minimum absolute atomic E-state index is 0.130. The maximum absolute atomic E-state index is 11.1. The van der Waals surface area contributed by atoms with Crippen molar-refractivity contribution in [3.63, 3.8) is 0 Å². The van der Waals surface area contributed by atoms with Gasteiger partial charge in [-0.15, -0.1) is 0 Å². The Morgan fingerprint density at radius 3 is 2.32 bits per heavy atom. The van der Waals surface area contributed by atoms with Gasteiger partial charge < -0.3 is 5.32 Å². The van der Waals surface area contributed by atoms with Gasteiger partial charge >= 0.3 is 5.69 Å². The molecule has 2 rings (SSSR count). The second kappa shape index (κ2) is 4.62. The molecule has 0 aliphatic carbocycles. The van der Waals surface area contributed by atoms with E-state index in [9.17, 15) is 10.1 Å². The Bertz CT molecular complexity index is 700. The van der Waals surface area contributed by atoms with E-state index in [1.165, 1.54) is 0 Å². The Kier molecular flexibility index (Phi) is 3.28. The van der Waals surface area contributed by atoms with Gasteiger partial charge in [0.15, 0.2) is 0 Å². The van der Waals surface area contributed by atoms with Gasteiger partial charge in [0, 0.05) is 12.7 Å². The summed E-state index contributed by atoms with van der Waals surface area (Å²) in [6, 6.07) is 0. The second-order valence-corrected chi connectivity index (χ2v) is 4.64. The summed E-state index contributed by atoms with van der Waals surface area (Å²) in [6.07, 6.45) is 0. The molecule has 0 radical (unpaired) electrons. The molecule has 0 amide bonds. The van der Waals surface area contributed by atoms with Crippen molar-refractivity contribution in [3.05, 3.63) is 32.1 Å². The Morgan fingerprint density at radius 2 is 1.79 bits per heavy atom. The van der Waals surface area contributed by atoms with Crippen molar-refractivity contribution in [1.82, 2.24) is 9.97 Å². The third-order valence-electron chi connectivity index (χ3n) is 3.28. The predicted molar refractivity (Wildman–Crippen MR) is 75.0 cm³/mol. The number of hydrogen-bond acceptors (Lipinski definition) is 5. The number of nitrogens with zero attached hydrogens (tertiary/aromatic N) is 3. The minimum atomic E-state index is -0.549. The molecule has 19 heavy (non-hydrogen) atoms. The first-order valence-corrected chi connectivity index (χ1v) is 6.05. The van der Waals surface area contributed by atoms with Crippen LogP contribution in [-0.4, -0.2) is 21.9 Å². The quantitative estimate of drug-likeness (QED) is 0.519. The van der Waals surface area contributed by atoms with Crippen LogP contribution in [-0.2, 0) is 0 Å². The first-order chi connectivity index (χ1) is 8.88. The van der Waals surface area contributed by atoms with E-state index in [0.717, 1.165) is 16.8 Å². The molecule has 100 valence electrons. The lowest BCUT2D eigenvalue weighted by molar-refractivity contribution is -0.384. The molecule has 0 atom stereocenters. The Morgan fingerprint density at radius 1 is 1.16 bits per heavy atom. The molecular weight excluding hydrogens is 268 g/mol. The van der Waals surface area contributed by atoms with Crippen LogP contribution in [0, 0.1) is 30.9 Å². The van der Waals surface area contributed by atoms with E-state index >= 15 is 0 Å². The number of aromatic nitrogens is 2. The van der Waals surface area contributed by atoms with Crippen LogP contribution in [0.4, 0.5) is 11.4 Å². The average Bonchev–Trinajstić information content (AvgIpc) is 2.35. The molecule has 0 bridgehead atoms. The molecule has 0 saturated heterocycles. The zero-order valence-corrected chi connectivity index (χ0v) is 11.8. The van der Waals surface area contributed by atoms with Crippen LogP contribution >= 0.6 is 11.6 Å². The van der Waals surface area contributed by atoms with Gasteiger partial charge in [-0.1, -0.05) is 11.6 Å². The number of fused-ring (bicyclic) bond motifs is 1. The van der Waals surface area contributed by atoms with Gasteiger partial charge in [-0.05, 0) is 31.9 Å². The number of anilines is 1. The van der Waals surface area contributed by atoms with Crippen LogP contribution in [0.1, 0.15) is 16.8 Å². The number of aryl methyl sites for hydroxylation is 2. The van der Waals surface area contributed by atoms with Crippen molar-refractivity contribution < 1.29 is 4.92 Å². The lowest BCUT2D eigenvalue weighted by atomic mass is 10.1. The van der Waals surface area contributed by atoms with Gasteiger partial charge in [-0.3, -0.25) is 10.1 Å². The monoisotopic (exact) mass is 280 g/mol. The number of nitrogens with one attached hydrogen (secondary N) is 1. The van der Waals surface area contributed by atoms with Crippen molar-refractivity contribution in [3.8, 4) is 0 Å². The van der Waals surface area contributed by atoms with E-state index in [4.69, 9.17) is 11.6 Å². The van der Waals surface area contributed by atoms with Crippen molar-refractivity contribution in [2.45, 2.75) is 20.8 Å². The fourth-order valence-corrected chi connectivity index (χ4v) is 2.26. The van der Waals surface area contributed by atoms with Gasteiger partial charge in [-0.25, -0.2) is 9.97 Å². The average molecular weight is 281 g/mol. The summed E-state index contributed by atoms with van der Waals surface area (Å²) in [5, 5.41) is 13.8. The van der Waals surface area contributed by atoms with E-state index < -0.39 is 4.92 Å². The molecule has 0 saturated carbocycles. The van der Waals surface area contributed by atoms with Crippen LogP contribution < -0.4 is 5.32 Å². The molecule has 0 unspecified atom stereocenters. The van der Waals surface area contributed by atoms with E-state index in [1.807, 2.05) is 20.8 Å². The minimum Gasteiger partial charge on any atom is -0.381 e. The van der Waals surface area contributed by atoms with E-state index in [-0.39, 0.29) is 10.8 Å². The third-order valence-corrected chi connectivity index (χ3v) is 3.54. The number of rotatable bonds is 2. The van der Waals surface area contributed by atoms with Crippen molar-refractivity contribution in [1.29, 1.82) is 0 Å². The first-order valence-electron chi connectivity index (χ1n) is 5.67. The predicted octanol–water partition coefficient (Wildman–Crippen LogP) is 3.16. The summed E-state index contributed by atoms with van der Waals surface area (Å²) in [4.78, 5) is 19.1. The molecule has 2 aromatic heterocycles. The molecule has 6 nitrogen and oxygen atoms in total. The van der Waals surface area contributed by atoms with Crippen LogP contribution in [0.3, 0.4) is 0 Å². The Hall–Kier alpha value is -1.95. The number of halogens is 1. The fraction of sp³-hybridized carbons (Fsp3) is 0.333. The smallest absolute Gasteiger partial charge is 0.331 e. The molecular formula is C12H13ClN4O2. The molecule has 2 heterocycles. The fourth-order valence-electron chi connectivity index (χ4n) is 2.01. The highest BCUT2D eigenvalue weighted by Gasteiger charge is 2.25. The summed E-state index contributed by atoms with van der Waals surface area (Å²) in [6.45, 7) is 5.70. The summed E-state index contributed by atoms with van der Waals surface area (Å²) >= 11 is 5.93. The number of hydrogen-bond donors (Lipinski definition) is 1. The van der Waals surface area contributed by atoms with Crippen molar-refractivity contribution in [2.24, 2.45) is 0 Å². The van der Waals surface area contributed by atoms with Gasteiger partial charge in [-0.2, -0.15) is 0 Å². The Labute approximate surface area is 115 Å². The highest BCUT2D eigenvalue weighted by Crippen LogP contribution is 2.37. The molecule has 1 N–H and O–H groups in total. The van der Waals surface area contributed by atoms with Gasteiger partial charge in [0.05, 0.1) is 10.4 Å². The SMILES string of the molecule is CNc1c([N+](=O)[O-])c(Cl)nc2c(C)c(C)c(C)nc12.